The van der Waals surface area contributed by atoms with Crippen molar-refractivity contribution in [3.05, 3.63) is 77.9 Å². The molecule has 0 aromatic heterocycles. The first kappa shape index (κ1) is 25.7. The average Bonchev–Trinajstić information content (AvgIpc) is 2.79. The van der Waals surface area contributed by atoms with Crippen LogP contribution in [0, 0.1) is 17.6 Å². The molecule has 0 bridgehead atoms. The smallest absolute Gasteiger partial charge is 0.336 e. The number of hydrogen-bond acceptors (Lipinski definition) is 3. The van der Waals surface area contributed by atoms with E-state index in [1.807, 2.05) is 26.0 Å². The minimum atomic E-state index is -1.06. The molecule has 6 nitrogen and oxygen atoms in total. The van der Waals surface area contributed by atoms with Gasteiger partial charge in [-0.15, -0.1) is 0 Å². The highest BCUT2D eigenvalue weighted by Gasteiger charge is 2.20. The SMILES string of the molecule is CC(C)CN(c1ccc(-c2ccccc2C(=O)O)cc1NC(=O)Nc1ccc(F)cc1F)C(C)C. The largest absolute Gasteiger partial charge is 0.478 e. The normalized spacial score (nSPS) is 11.0. The molecule has 3 rings (SSSR count). The molecular weight excluding hydrogens is 452 g/mol. The van der Waals surface area contributed by atoms with Crippen LogP contribution in [0.4, 0.5) is 30.6 Å². The summed E-state index contributed by atoms with van der Waals surface area (Å²) in [5, 5.41) is 14.8. The molecule has 0 radical (unpaired) electrons. The summed E-state index contributed by atoms with van der Waals surface area (Å²) < 4.78 is 27.3. The van der Waals surface area contributed by atoms with E-state index in [-0.39, 0.29) is 17.3 Å². The van der Waals surface area contributed by atoms with Crippen molar-refractivity contribution in [2.24, 2.45) is 5.92 Å². The highest BCUT2D eigenvalue weighted by molar-refractivity contribution is 6.03. The number of amides is 2. The molecule has 0 saturated heterocycles. The monoisotopic (exact) mass is 481 g/mol. The molecule has 35 heavy (non-hydrogen) atoms. The number of halogens is 2. The highest BCUT2D eigenvalue weighted by atomic mass is 19.1. The fourth-order valence-corrected chi connectivity index (χ4v) is 3.82. The number of carbonyl (C=O) groups excluding carboxylic acids is 1. The maximum Gasteiger partial charge on any atom is 0.336 e. The molecule has 3 aromatic rings. The van der Waals surface area contributed by atoms with E-state index in [2.05, 4.69) is 29.4 Å². The Balaban J connectivity index is 2.05. The van der Waals surface area contributed by atoms with E-state index in [1.54, 1.807) is 24.3 Å². The number of anilines is 3. The van der Waals surface area contributed by atoms with Gasteiger partial charge in [0.05, 0.1) is 22.6 Å². The molecule has 0 aliphatic rings. The van der Waals surface area contributed by atoms with Gasteiger partial charge >= 0.3 is 12.0 Å². The topological polar surface area (TPSA) is 81.7 Å². The average molecular weight is 482 g/mol. The van der Waals surface area contributed by atoms with Crippen molar-refractivity contribution >= 4 is 29.1 Å². The number of aromatic carboxylic acids is 1. The lowest BCUT2D eigenvalue weighted by molar-refractivity contribution is 0.0697. The number of nitrogens with zero attached hydrogens (tertiary/aromatic N) is 1. The van der Waals surface area contributed by atoms with Crippen LogP contribution < -0.4 is 15.5 Å². The van der Waals surface area contributed by atoms with E-state index in [0.29, 0.717) is 35.3 Å². The Kier molecular flexibility index (Phi) is 8.06. The van der Waals surface area contributed by atoms with Gasteiger partial charge in [0.2, 0.25) is 0 Å². The molecule has 2 amide bonds. The predicted octanol–water partition coefficient (Wildman–Crippen LogP) is 6.84. The maximum atomic E-state index is 14.1. The van der Waals surface area contributed by atoms with Crippen molar-refractivity contribution in [1.82, 2.24) is 0 Å². The lowest BCUT2D eigenvalue weighted by atomic mass is 9.98. The van der Waals surface area contributed by atoms with Gasteiger partial charge in [0.25, 0.3) is 0 Å². The van der Waals surface area contributed by atoms with Gasteiger partial charge in [-0.05, 0) is 61.2 Å². The predicted molar refractivity (Wildman–Crippen MR) is 135 cm³/mol. The van der Waals surface area contributed by atoms with E-state index >= 15 is 0 Å². The molecule has 184 valence electrons. The van der Waals surface area contributed by atoms with Gasteiger partial charge in [-0.2, -0.15) is 0 Å². The summed E-state index contributed by atoms with van der Waals surface area (Å²) in [6, 6.07) is 14.2. The molecule has 0 spiro atoms. The summed E-state index contributed by atoms with van der Waals surface area (Å²) in [4.78, 5) is 26.7. The Labute approximate surface area is 203 Å². The second kappa shape index (κ2) is 11.0. The number of benzene rings is 3. The fourth-order valence-electron chi connectivity index (χ4n) is 3.82. The van der Waals surface area contributed by atoms with Gasteiger partial charge in [0.1, 0.15) is 11.6 Å². The number of carboxylic acid groups (broad SMARTS) is 1. The molecular formula is C27H29F2N3O3. The van der Waals surface area contributed by atoms with Gasteiger partial charge in [-0.3, -0.25) is 0 Å². The Bertz CT molecular complexity index is 1230. The summed E-state index contributed by atoms with van der Waals surface area (Å²) in [5.74, 6) is -2.37. The molecule has 3 aromatic carbocycles. The molecule has 3 N–H and O–H groups in total. The molecule has 0 saturated carbocycles. The number of rotatable bonds is 8. The second-order valence-electron chi connectivity index (χ2n) is 8.93. The van der Waals surface area contributed by atoms with Crippen LogP contribution in [0.3, 0.4) is 0 Å². The van der Waals surface area contributed by atoms with Crippen LogP contribution in [-0.2, 0) is 0 Å². The minimum Gasteiger partial charge on any atom is -0.478 e. The second-order valence-corrected chi connectivity index (χ2v) is 8.93. The third-order valence-electron chi connectivity index (χ3n) is 5.39. The summed E-state index contributed by atoms with van der Waals surface area (Å²) in [5.41, 5.74) is 2.23. The zero-order valence-corrected chi connectivity index (χ0v) is 20.1. The van der Waals surface area contributed by atoms with Crippen molar-refractivity contribution in [2.75, 3.05) is 22.1 Å². The van der Waals surface area contributed by atoms with E-state index in [4.69, 9.17) is 0 Å². The number of carboxylic acids is 1. The Morgan fingerprint density at radius 2 is 1.60 bits per heavy atom. The Morgan fingerprint density at radius 3 is 2.23 bits per heavy atom. The number of nitrogens with one attached hydrogen (secondary N) is 2. The van der Waals surface area contributed by atoms with Crippen LogP contribution in [0.5, 0.6) is 0 Å². The Hall–Kier alpha value is -3.94. The molecule has 8 heteroatoms. The van der Waals surface area contributed by atoms with E-state index < -0.39 is 23.6 Å². The summed E-state index contributed by atoms with van der Waals surface area (Å²) >= 11 is 0. The number of carbonyl (C=O) groups is 2. The minimum absolute atomic E-state index is 0.104. The summed E-state index contributed by atoms with van der Waals surface area (Å²) in [7, 11) is 0. The van der Waals surface area contributed by atoms with Gasteiger partial charge in [-0.1, -0.05) is 38.1 Å². The third-order valence-corrected chi connectivity index (χ3v) is 5.39. The van der Waals surface area contributed by atoms with Crippen molar-refractivity contribution in [1.29, 1.82) is 0 Å². The maximum absolute atomic E-state index is 14.1. The van der Waals surface area contributed by atoms with Gasteiger partial charge in [0.15, 0.2) is 0 Å². The van der Waals surface area contributed by atoms with Crippen LogP contribution in [0.25, 0.3) is 11.1 Å². The van der Waals surface area contributed by atoms with E-state index in [9.17, 15) is 23.5 Å². The molecule has 0 aliphatic heterocycles. The first-order valence-electron chi connectivity index (χ1n) is 11.3. The van der Waals surface area contributed by atoms with Crippen molar-refractivity contribution in [3.8, 4) is 11.1 Å². The lowest BCUT2D eigenvalue weighted by Crippen LogP contribution is -2.35. The first-order valence-corrected chi connectivity index (χ1v) is 11.3. The fraction of sp³-hybridized carbons (Fsp3) is 0.259. The van der Waals surface area contributed by atoms with Gasteiger partial charge in [0, 0.05) is 18.7 Å². The van der Waals surface area contributed by atoms with Crippen molar-refractivity contribution in [3.63, 3.8) is 0 Å². The third kappa shape index (κ3) is 6.35. The van der Waals surface area contributed by atoms with Gasteiger partial charge in [-0.25, -0.2) is 18.4 Å². The standard InChI is InChI=1S/C27H29F2N3O3/c1-16(2)15-32(17(3)4)25-12-9-18(20-7-5-6-8-21(20)26(33)34)13-24(25)31-27(35)30-23-11-10-19(28)14-22(23)29/h5-14,16-17H,15H2,1-4H3,(H,33,34)(H2,30,31,35). The summed E-state index contributed by atoms with van der Waals surface area (Å²) in [6.45, 7) is 8.96. The highest BCUT2D eigenvalue weighted by Crippen LogP contribution is 2.35. The number of hydrogen-bond donors (Lipinski definition) is 3. The number of urea groups is 1. The molecule has 0 atom stereocenters. The van der Waals surface area contributed by atoms with Crippen LogP contribution >= 0.6 is 0 Å². The van der Waals surface area contributed by atoms with Crippen LogP contribution in [0.1, 0.15) is 38.1 Å². The van der Waals surface area contributed by atoms with Crippen LogP contribution in [0.15, 0.2) is 60.7 Å². The van der Waals surface area contributed by atoms with E-state index in [1.165, 1.54) is 6.07 Å². The molecule has 0 fully saturated rings. The first-order chi connectivity index (χ1) is 16.6. The van der Waals surface area contributed by atoms with Crippen molar-refractivity contribution in [2.45, 2.75) is 33.7 Å². The lowest BCUT2D eigenvalue weighted by Gasteiger charge is -2.32. The zero-order valence-electron chi connectivity index (χ0n) is 20.1. The summed E-state index contributed by atoms with van der Waals surface area (Å²) in [6.07, 6.45) is 0. The van der Waals surface area contributed by atoms with Crippen molar-refractivity contribution < 1.29 is 23.5 Å². The molecule has 0 heterocycles. The molecule has 0 aliphatic carbocycles. The zero-order chi connectivity index (χ0) is 25.7. The van der Waals surface area contributed by atoms with Crippen LogP contribution in [0.2, 0.25) is 0 Å². The molecule has 0 unspecified atom stereocenters. The quantitative estimate of drug-likeness (QED) is 0.329. The van der Waals surface area contributed by atoms with E-state index in [0.717, 1.165) is 17.8 Å². The van der Waals surface area contributed by atoms with Gasteiger partial charge < -0.3 is 20.6 Å². The van der Waals surface area contributed by atoms with Crippen LogP contribution in [-0.4, -0.2) is 29.7 Å². The Morgan fingerprint density at radius 1 is 0.914 bits per heavy atom.